The summed E-state index contributed by atoms with van der Waals surface area (Å²) in [5.74, 6) is 1.65. The lowest BCUT2D eigenvalue weighted by Gasteiger charge is -2.20. The van der Waals surface area contributed by atoms with Gasteiger partial charge in [0, 0.05) is 12.5 Å². The third kappa shape index (κ3) is 2.72. The molecule has 0 bridgehead atoms. The van der Waals surface area contributed by atoms with Crippen LogP contribution in [0, 0.1) is 12.8 Å². The van der Waals surface area contributed by atoms with Crippen molar-refractivity contribution in [1.82, 2.24) is 5.32 Å². The SMILES string of the molecule is Cc1cccc(OC(C)C2CCNC2)c1. The predicted molar refractivity (Wildman–Crippen MR) is 62.2 cm³/mol. The summed E-state index contributed by atoms with van der Waals surface area (Å²) in [4.78, 5) is 0. The van der Waals surface area contributed by atoms with E-state index >= 15 is 0 Å². The zero-order valence-electron chi connectivity index (χ0n) is 9.49. The molecule has 15 heavy (non-hydrogen) atoms. The monoisotopic (exact) mass is 205 g/mol. The smallest absolute Gasteiger partial charge is 0.119 e. The summed E-state index contributed by atoms with van der Waals surface area (Å²) < 4.78 is 5.94. The Kier molecular flexibility index (Phi) is 3.27. The second-order valence-electron chi connectivity index (χ2n) is 4.39. The first-order valence-corrected chi connectivity index (χ1v) is 5.70. The zero-order valence-corrected chi connectivity index (χ0v) is 9.49. The van der Waals surface area contributed by atoms with Crippen molar-refractivity contribution in [2.24, 2.45) is 5.92 Å². The average molecular weight is 205 g/mol. The largest absolute Gasteiger partial charge is 0.490 e. The van der Waals surface area contributed by atoms with Crippen LogP contribution in [0.3, 0.4) is 0 Å². The van der Waals surface area contributed by atoms with Crippen molar-refractivity contribution < 1.29 is 4.74 Å². The minimum Gasteiger partial charge on any atom is -0.490 e. The highest BCUT2D eigenvalue weighted by Gasteiger charge is 2.22. The van der Waals surface area contributed by atoms with E-state index in [9.17, 15) is 0 Å². The lowest BCUT2D eigenvalue weighted by atomic mass is 10.0. The normalized spacial score (nSPS) is 22.7. The fraction of sp³-hybridized carbons (Fsp3) is 0.538. The molecule has 1 aliphatic rings. The number of ether oxygens (including phenoxy) is 1. The molecule has 0 aliphatic carbocycles. The molecule has 1 heterocycles. The molecule has 2 heteroatoms. The highest BCUT2D eigenvalue weighted by atomic mass is 16.5. The van der Waals surface area contributed by atoms with Crippen molar-refractivity contribution in [2.75, 3.05) is 13.1 Å². The summed E-state index contributed by atoms with van der Waals surface area (Å²) in [5.41, 5.74) is 1.25. The Bertz CT molecular complexity index is 318. The van der Waals surface area contributed by atoms with Crippen LogP contribution in [0.5, 0.6) is 5.75 Å². The van der Waals surface area contributed by atoms with Crippen LogP contribution in [-0.2, 0) is 0 Å². The molecule has 1 N–H and O–H groups in total. The van der Waals surface area contributed by atoms with E-state index in [1.807, 2.05) is 12.1 Å². The van der Waals surface area contributed by atoms with E-state index in [1.165, 1.54) is 12.0 Å². The lowest BCUT2D eigenvalue weighted by molar-refractivity contribution is 0.161. The average Bonchev–Trinajstić information content (AvgIpc) is 2.70. The molecule has 0 saturated carbocycles. The summed E-state index contributed by atoms with van der Waals surface area (Å²) >= 11 is 0. The van der Waals surface area contributed by atoms with Gasteiger partial charge in [0.2, 0.25) is 0 Å². The van der Waals surface area contributed by atoms with E-state index in [1.54, 1.807) is 0 Å². The minimum atomic E-state index is 0.307. The van der Waals surface area contributed by atoms with Crippen molar-refractivity contribution in [3.8, 4) is 5.75 Å². The number of benzene rings is 1. The van der Waals surface area contributed by atoms with E-state index in [-0.39, 0.29) is 0 Å². The Morgan fingerprint density at radius 1 is 1.47 bits per heavy atom. The fourth-order valence-electron chi connectivity index (χ4n) is 2.08. The maximum Gasteiger partial charge on any atom is 0.119 e. The first kappa shape index (κ1) is 10.5. The third-order valence-electron chi connectivity index (χ3n) is 3.07. The molecule has 1 aromatic rings. The van der Waals surface area contributed by atoms with Crippen molar-refractivity contribution in [3.05, 3.63) is 29.8 Å². The Labute approximate surface area is 91.6 Å². The van der Waals surface area contributed by atoms with Gasteiger partial charge < -0.3 is 10.1 Å². The highest BCUT2D eigenvalue weighted by Crippen LogP contribution is 2.20. The Morgan fingerprint density at radius 3 is 3.00 bits per heavy atom. The fourth-order valence-corrected chi connectivity index (χ4v) is 2.08. The van der Waals surface area contributed by atoms with Gasteiger partial charge in [-0.25, -0.2) is 0 Å². The van der Waals surface area contributed by atoms with Gasteiger partial charge >= 0.3 is 0 Å². The van der Waals surface area contributed by atoms with E-state index in [0.717, 1.165) is 18.8 Å². The second kappa shape index (κ2) is 4.67. The molecule has 1 fully saturated rings. The quantitative estimate of drug-likeness (QED) is 0.818. The zero-order chi connectivity index (χ0) is 10.7. The molecule has 0 spiro atoms. The van der Waals surface area contributed by atoms with Crippen LogP contribution in [0.1, 0.15) is 18.9 Å². The van der Waals surface area contributed by atoms with Crippen LogP contribution in [-0.4, -0.2) is 19.2 Å². The van der Waals surface area contributed by atoms with Gasteiger partial charge in [0.1, 0.15) is 5.75 Å². The van der Waals surface area contributed by atoms with Gasteiger partial charge in [0.15, 0.2) is 0 Å². The third-order valence-corrected chi connectivity index (χ3v) is 3.07. The summed E-state index contributed by atoms with van der Waals surface area (Å²) in [6.07, 6.45) is 1.54. The van der Waals surface area contributed by atoms with Crippen molar-refractivity contribution >= 4 is 0 Å². The lowest BCUT2D eigenvalue weighted by Crippen LogP contribution is -2.25. The Morgan fingerprint density at radius 2 is 2.33 bits per heavy atom. The van der Waals surface area contributed by atoms with E-state index < -0.39 is 0 Å². The molecule has 1 saturated heterocycles. The molecular weight excluding hydrogens is 186 g/mol. The molecule has 2 nitrogen and oxygen atoms in total. The van der Waals surface area contributed by atoms with Gasteiger partial charge in [-0.1, -0.05) is 12.1 Å². The first-order chi connectivity index (χ1) is 7.25. The van der Waals surface area contributed by atoms with Gasteiger partial charge in [0.25, 0.3) is 0 Å². The second-order valence-corrected chi connectivity index (χ2v) is 4.39. The maximum atomic E-state index is 5.94. The molecule has 1 aromatic carbocycles. The molecule has 2 atom stereocenters. The van der Waals surface area contributed by atoms with Crippen LogP contribution < -0.4 is 10.1 Å². The molecular formula is C13H19NO. The minimum absolute atomic E-state index is 0.307. The topological polar surface area (TPSA) is 21.3 Å². The number of aryl methyl sites for hydroxylation is 1. The van der Waals surface area contributed by atoms with Crippen molar-refractivity contribution in [1.29, 1.82) is 0 Å². The molecule has 1 aliphatic heterocycles. The van der Waals surface area contributed by atoms with Gasteiger partial charge in [0.05, 0.1) is 6.10 Å². The summed E-state index contributed by atoms with van der Waals surface area (Å²) in [5, 5.41) is 3.37. The first-order valence-electron chi connectivity index (χ1n) is 5.70. The van der Waals surface area contributed by atoms with Gasteiger partial charge in [-0.15, -0.1) is 0 Å². The molecule has 0 radical (unpaired) electrons. The molecule has 2 rings (SSSR count). The van der Waals surface area contributed by atoms with Crippen LogP contribution in [0.4, 0.5) is 0 Å². The van der Waals surface area contributed by atoms with E-state index in [4.69, 9.17) is 4.74 Å². The summed E-state index contributed by atoms with van der Waals surface area (Å²) in [6, 6.07) is 8.27. The molecule has 82 valence electrons. The maximum absolute atomic E-state index is 5.94. The number of rotatable bonds is 3. The van der Waals surface area contributed by atoms with Crippen molar-refractivity contribution in [3.63, 3.8) is 0 Å². The van der Waals surface area contributed by atoms with E-state index in [2.05, 4.69) is 31.3 Å². The van der Waals surface area contributed by atoms with Gasteiger partial charge in [-0.2, -0.15) is 0 Å². The van der Waals surface area contributed by atoms with Crippen LogP contribution in [0.2, 0.25) is 0 Å². The highest BCUT2D eigenvalue weighted by molar-refractivity contribution is 5.27. The van der Waals surface area contributed by atoms with Crippen molar-refractivity contribution in [2.45, 2.75) is 26.4 Å². The standard InChI is InChI=1S/C13H19NO/c1-10-4-3-5-13(8-10)15-11(2)12-6-7-14-9-12/h3-5,8,11-12,14H,6-7,9H2,1-2H3. The number of hydrogen-bond acceptors (Lipinski definition) is 2. The summed E-state index contributed by atoms with van der Waals surface area (Å²) in [7, 11) is 0. The van der Waals surface area contributed by atoms with Gasteiger partial charge in [-0.3, -0.25) is 0 Å². The van der Waals surface area contributed by atoms with Gasteiger partial charge in [-0.05, 0) is 44.5 Å². The predicted octanol–water partition coefficient (Wildman–Crippen LogP) is 2.37. The Hall–Kier alpha value is -1.02. The van der Waals surface area contributed by atoms with Crippen LogP contribution in [0.25, 0.3) is 0 Å². The number of nitrogens with one attached hydrogen (secondary N) is 1. The molecule has 0 aromatic heterocycles. The number of hydrogen-bond donors (Lipinski definition) is 1. The summed E-state index contributed by atoms with van der Waals surface area (Å²) in [6.45, 7) is 6.48. The molecule has 2 unspecified atom stereocenters. The van der Waals surface area contributed by atoms with Crippen LogP contribution >= 0.6 is 0 Å². The Balaban J connectivity index is 1.95. The van der Waals surface area contributed by atoms with Crippen LogP contribution in [0.15, 0.2) is 24.3 Å². The molecule has 0 amide bonds. The van der Waals surface area contributed by atoms with E-state index in [0.29, 0.717) is 12.0 Å².